The third-order valence-electron chi connectivity index (χ3n) is 4.43. The fourth-order valence-corrected chi connectivity index (χ4v) is 3.25. The molecule has 1 aliphatic carbocycles. The first-order chi connectivity index (χ1) is 9.69. The number of rotatable bonds is 5. The van der Waals surface area contributed by atoms with Crippen LogP contribution in [0.2, 0.25) is 0 Å². The highest BCUT2D eigenvalue weighted by Gasteiger charge is 2.21. The van der Waals surface area contributed by atoms with Crippen LogP contribution in [0.25, 0.3) is 0 Å². The van der Waals surface area contributed by atoms with Gasteiger partial charge in [-0.1, -0.05) is 38.3 Å². The normalized spacial score (nSPS) is 22.5. The minimum absolute atomic E-state index is 0.255. The molecular weight excluding hydrogens is 248 g/mol. The number of hydrogen-bond donors (Lipinski definition) is 0. The summed E-state index contributed by atoms with van der Waals surface area (Å²) in [6.07, 6.45) is 9.47. The van der Waals surface area contributed by atoms with Gasteiger partial charge in [0.2, 0.25) is 0 Å². The van der Waals surface area contributed by atoms with E-state index >= 15 is 0 Å². The first-order valence-electron chi connectivity index (χ1n) is 7.97. The lowest BCUT2D eigenvalue weighted by atomic mass is 9.77. The molecular formula is C18H26O2. The maximum absolute atomic E-state index is 10.9. The van der Waals surface area contributed by atoms with Gasteiger partial charge in [0.15, 0.2) is 0 Å². The average Bonchev–Trinajstić information content (AvgIpc) is 2.46. The first kappa shape index (κ1) is 15.1. The van der Waals surface area contributed by atoms with Crippen LogP contribution >= 0.6 is 0 Å². The molecule has 2 heteroatoms. The van der Waals surface area contributed by atoms with Crippen LogP contribution in [0.15, 0.2) is 24.3 Å². The molecule has 1 saturated carbocycles. The fraction of sp³-hybridized carbons (Fsp3) is 0.611. The summed E-state index contributed by atoms with van der Waals surface area (Å²) in [6, 6.07) is 8.07. The second-order valence-corrected chi connectivity index (χ2v) is 6.02. The van der Waals surface area contributed by atoms with E-state index in [0.29, 0.717) is 11.7 Å². The van der Waals surface area contributed by atoms with Crippen LogP contribution in [0.1, 0.15) is 70.3 Å². The molecule has 1 fully saturated rings. The maximum atomic E-state index is 10.9. The van der Waals surface area contributed by atoms with Gasteiger partial charge in [-0.25, -0.2) is 0 Å². The second-order valence-electron chi connectivity index (χ2n) is 6.02. The van der Waals surface area contributed by atoms with Crippen molar-refractivity contribution in [3.63, 3.8) is 0 Å². The summed E-state index contributed by atoms with van der Waals surface area (Å²) >= 11 is 0. The van der Waals surface area contributed by atoms with Gasteiger partial charge < -0.3 is 4.74 Å². The molecule has 0 spiro atoms. The smallest absolute Gasteiger partial charge is 0.308 e. The molecule has 0 bridgehead atoms. The van der Waals surface area contributed by atoms with Crippen LogP contribution in [0, 0.1) is 5.92 Å². The van der Waals surface area contributed by atoms with Gasteiger partial charge in [0, 0.05) is 6.92 Å². The van der Waals surface area contributed by atoms with Crippen LogP contribution in [-0.4, -0.2) is 5.97 Å². The standard InChI is InChI=1S/C18H26O2/c1-3-4-5-15-6-8-16(9-7-15)17-10-12-18(13-11-17)20-14(2)19/h10-13,15-16H,3-9H2,1-2H3. The van der Waals surface area contributed by atoms with E-state index in [1.807, 2.05) is 12.1 Å². The molecule has 0 heterocycles. The van der Waals surface area contributed by atoms with E-state index in [1.54, 1.807) is 0 Å². The lowest BCUT2D eigenvalue weighted by molar-refractivity contribution is -0.131. The summed E-state index contributed by atoms with van der Waals surface area (Å²) < 4.78 is 5.08. The Balaban J connectivity index is 1.85. The summed E-state index contributed by atoms with van der Waals surface area (Å²) in [5, 5.41) is 0. The second kappa shape index (κ2) is 7.47. The molecule has 0 saturated heterocycles. The molecule has 0 N–H and O–H groups in total. The Hall–Kier alpha value is -1.31. The molecule has 2 nitrogen and oxygen atoms in total. The molecule has 0 atom stereocenters. The molecule has 1 aromatic carbocycles. The van der Waals surface area contributed by atoms with E-state index in [0.717, 1.165) is 5.92 Å². The molecule has 0 amide bonds. The number of benzene rings is 1. The summed E-state index contributed by atoms with van der Waals surface area (Å²) in [5.74, 6) is 2.04. The quantitative estimate of drug-likeness (QED) is 0.553. The monoisotopic (exact) mass is 274 g/mol. The van der Waals surface area contributed by atoms with Crippen molar-refractivity contribution in [3.8, 4) is 5.75 Å². The van der Waals surface area contributed by atoms with Gasteiger partial charge in [-0.05, 0) is 55.2 Å². The van der Waals surface area contributed by atoms with Crippen molar-refractivity contribution in [2.75, 3.05) is 0 Å². The highest BCUT2D eigenvalue weighted by Crippen LogP contribution is 2.38. The SMILES string of the molecule is CCCCC1CCC(c2ccc(OC(C)=O)cc2)CC1. The largest absolute Gasteiger partial charge is 0.427 e. The molecule has 0 aliphatic heterocycles. The molecule has 1 aliphatic rings. The van der Waals surface area contributed by atoms with E-state index in [1.165, 1.54) is 57.4 Å². The minimum atomic E-state index is -0.255. The van der Waals surface area contributed by atoms with Gasteiger partial charge in [-0.3, -0.25) is 4.79 Å². The predicted octanol–water partition coefficient (Wildman–Crippen LogP) is 5.08. The van der Waals surface area contributed by atoms with Crippen LogP contribution in [0.4, 0.5) is 0 Å². The zero-order valence-electron chi connectivity index (χ0n) is 12.7. The Kier molecular flexibility index (Phi) is 5.63. The van der Waals surface area contributed by atoms with Gasteiger partial charge in [-0.2, -0.15) is 0 Å². The highest BCUT2D eigenvalue weighted by atomic mass is 16.5. The number of carbonyl (C=O) groups excluding carboxylic acids is 1. The van der Waals surface area contributed by atoms with E-state index in [9.17, 15) is 4.79 Å². The van der Waals surface area contributed by atoms with Crippen LogP contribution in [0.5, 0.6) is 5.75 Å². The first-order valence-corrected chi connectivity index (χ1v) is 7.97. The molecule has 2 rings (SSSR count). The van der Waals surface area contributed by atoms with E-state index < -0.39 is 0 Å². The number of hydrogen-bond acceptors (Lipinski definition) is 2. The zero-order chi connectivity index (χ0) is 14.4. The highest BCUT2D eigenvalue weighted by molar-refractivity contribution is 5.69. The average molecular weight is 274 g/mol. The molecule has 0 radical (unpaired) electrons. The predicted molar refractivity (Wildman–Crippen MR) is 82.0 cm³/mol. The molecule has 1 aromatic rings. The van der Waals surface area contributed by atoms with Crippen LogP contribution in [-0.2, 0) is 4.79 Å². The Morgan fingerprint density at radius 1 is 1.15 bits per heavy atom. The zero-order valence-corrected chi connectivity index (χ0v) is 12.7. The van der Waals surface area contributed by atoms with Crippen molar-refractivity contribution in [1.82, 2.24) is 0 Å². The Morgan fingerprint density at radius 2 is 1.80 bits per heavy atom. The van der Waals surface area contributed by atoms with Gasteiger partial charge in [0.05, 0.1) is 0 Å². The lowest BCUT2D eigenvalue weighted by Crippen LogP contribution is -2.13. The Morgan fingerprint density at radius 3 is 2.35 bits per heavy atom. The maximum Gasteiger partial charge on any atom is 0.308 e. The number of unbranched alkanes of at least 4 members (excludes halogenated alkanes) is 1. The number of carbonyl (C=O) groups is 1. The van der Waals surface area contributed by atoms with Crippen molar-refractivity contribution in [3.05, 3.63) is 29.8 Å². The minimum Gasteiger partial charge on any atom is -0.427 e. The third kappa shape index (κ3) is 4.36. The Labute approximate surface area is 122 Å². The molecule has 0 unspecified atom stereocenters. The van der Waals surface area contributed by atoms with E-state index in [-0.39, 0.29) is 5.97 Å². The summed E-state index contributed by atoms with van der Waals surface area (Å²) in [7, 11) is 0. The van der Waals surface area contributed by atoms with E-state index in [4.69, 9.17) is 4.74 Å². The molecule has 20 heavy (non-hydrogen) atoms. The molecule has 110 valence electrons. The third-order valence-corrected chi connectivity index (χ3v) is 4.43. The number of esters is 1. The fourth-order valence-electron chi connectivity index (χ4n) is 3.25. The summed E-state index contributed by atoms with van der Waals surface area (Å²) in [6.45, 7) is 3.71. The van der Waals surface area contributed by atoms with Gasteiger partial charge in [-0.15, -0.1) is 0 Å². The van der Waals surface area contributed by atoms with Crippen molar-refractivity contribution in [1.29, 1.82) is 0 Å². The topological polar surface area (TPSA) is 26.3 Å². The van der Waals surface area contributed by atoms with Crippen molar-refractivity contribution >= 4 is 5.97 Å². The van der Waals surface area contributed by atoms with Gasteiger partial charge in [0.25, 0.3) is 0 Å². The van der Waals surface area contributed by atoms with E-state index in [2.05, 4.69) is 19.1 Å². The summed E-state index contributed by atoms with van der Waals surface area (Å²) in [5.41, 5.74) is 1.40. The Bertz CT molecular complexity index is 414. The van der Waals surface area contributed by atoms with Crippen molar-refractivity contribution < 1.29 is 9.53 Å². The van der Waals surface area contributed by atoms with Crippen molar-refractivity contribution in [2.24, 2.45) is 5.92 Å². The van der Waals surface area contributed by atoms with Crippen molar-refractivity contribution in [2.45, 2.75) is 64.7 Å². The van der Waals surface area contributed by atoms with Crippen LogP contribution in [0.3, 0.4) is 0 Å². The van der Waals surface area contributed by atoms with Gasteiger partial charge >= 0.3 is 5.97 Å². The number of ether oxygens (including phenoxy) is 1. The van der Waals surface area contributed by atoms with Crippen LogP contribution < -0.4 is 4.74 Å². The lowest BCUT2D eigenvalue weighted by Gasteiger charge is -2.28. The summed E-state index contributed by atoms with van der Waals surface area (Å²) in [4.78, 5) is 10.9. The molecule has 0 aromatic heterocycles. The van der Waals surface area contributed by atoms with Gasteiger partial charge in [0.1, 0.15) is 5.75 Å².